The zero-order valence-electron chi connectivity index (χ0n) is 9.80. The predicted octanol–water partition coefficient (Wildman–Crippen LogP) is 1.39. The molecule has 2 aliphatic rings. The van der Waals surface area contributed by atoms with Gasteiger partial charge in [0.05, 0.1) is 19.8 Å². The van der Waals surface area contributed by atoms with Crippen LogP contribution in [0.3, 0.4) is 0 Å². The normalized spacial score (nSPS) is 26.5. The molecule has 2 fully saturated rings. The Morgan fingerprint density at radius 1 is 1.29 bits per heavy atom. The Bertz CT molecular complexity index is 237. The summed E-state index contributed by atoms with van der Waals surface area (Å²) in [7, 11) is 0. The van der Waals surface area contributed by atoms with Crippen molar-refractivity contribution in [3.05, 3.63) is 0 Å². The van der Waals surface area contributed by atoms with E-state index in [1.807, 2.05) is 0 Å². The first-order valence-electron chi connectivity index (χ1n) is 6.16. The lowest BCUT2D eigenvalue weighted by Gasteiger charge is -2.28. The molecule has 0 aromatic rings. The van der Waals surface area contributed by atoms with E-state index < -0.39 is 12.7 Å². The average molecular weight is 252 g/mol. The van der Waals surface area contributed by atoms with Crippen LogP contribution in [0, 0.1) is 0 Å². The maximum atomic E-state index is 12.4. The van der Waals surface area contributed by atoms with Gasteiger partial charge in [-0.1, -0.05) is 0 Å². The highest BCUT2D eigenvalue weighted by Crippen LogP contribution is 2.30. The molecule has 1 unspecified atom stereocenters. The molecule has 1 saturated heterocycles. The van der Waals surface area contributed by atoms with Crippen molar-refractivity contribution in [2.75, 3.05) is 32.8 Å². The summed E-state index contributed by atoms with van der Waals surface area (Å²) in [5.41, 5.74) is 0. The minimum atomic E-state index is -4.08. The van der Waals surface area contributed by atoms with Crippen LogP contribution in [-0.2, 0) is 4.74 Å². The Morgan fingerprint density at radius 2 is 2.06 bits per heavy atom. The van der Waals surface area contributed by atoms with E-state index in [1.54, 1.807) is 4.90 Å². The van der Waals surface area contributed by atoms with Crippen LogP contribution in [0.2, 0.25) is 0 Å². The van der Waals surface area contributed by atoms with Crippen molar-refractivity contribution < 1.29 is 17.9 Å². The van der Waals surface area contributed by atoms with Crippen LogP contribution in [0.15, 0.2) is 0 Å². The van der Waals surface area contributed by atoms with Gasteiger partial charge >= 0.3 is 6.18 Å². The second-order valence-corrected chi connectivity index (χ2v) is 4.83. The van der Waals surface area contributed by atoms with Crippen molar-refractivity contribution in [3.63, 3.8) is 0 Å². The fourth-order valence-corrected chi connectivity index (χ4v) is 2.19. The monoisotopic (exact) mass is 252 g/mol. The Labute approximate surface area is 99.3 Å². The van der Waals surface area contributed by atoms with Gasteiger partial charge in [0.2, 0.25) is 0 Å². The van der Waals surface area contributed by atoms with E-state index >= 15 is 0 Å². The van der Waals surface area contributed by atoms with E-state index in [0.717, 1.165) is 25.8 Å². The summed E-state index contributed by atoms with van der Waals surface area (Å²) in [6.07, 6.45) is -1.54. The highest BCUT2D eigenvalue weighted by atomic mass is 19.4. The predicted molar refractivity (Wildman–Crippen MR) is 57.9 cm³/mol. The molecule has 0 aromatic heterocycles. The molecule has 0 radical (unpaired) electrons. The van der Waals surface area contributed by atoms with Crippen molar-refractivity contribution in [3.8, 4) is 0 Å². The molecule has 3 nitrogen and oxygen atoms in total. The Balaban J connectivity index is 1.73. The Morgan fingerprint density at radius 3 is 2.59 bits per heavy atom. The first kappa shape index (κ1) is 13.1. The summed E-state index contributed by atoms with van der Waals surface area (Å²) in [6.45, 7) is 1.85. The second kappa shape index (κ2) is 5.54. The third-order valence-electron chi connectivity index (χ3n) is 3.21. The number of ether oxygens (including phenoxy) is 1. The van der Waals surface area contributed by atoms with Crippen LogP contribution in [0.25, 0.3) is 0 Å². The van der Waals surface area contributed by atoms with Crippen molar-refractivity contribution >= 4 is 0 Å². The maximum Gasteiger partial charge on any atom is 0.401 e. The molecule has 0 bridgehead atoms. The van der Waals surface area contributed by atoms with Crippen molar-refractivity contribution in [2.45, 2.75) is 37.5 Å². The first-order valence-corrected chi connectivity index (χ1v) is 6.16. The van der Waals surface area contributed by atoms with Crippen LogP contribution in [0.4, 0.5) is 13.2 Å². The minimum absolute atomic E-state index is 0.154. The largest absolute Gasteiger partial charge is 0.401 e. The maximum absolute atomic E-state index is 12.4. The topological polar surface area (TPSA) is 24.5 Å². The summed E-state index contributed by atoms with van der Waals surface area (Å²) in [5.74, 6) is 0. The highest BCUT2D eigenvalue weighted by molar-refractivity contribution is 4.86. The summed E-state index contributed by atoms with van der Waals surface area (Å²) in [5, 5.41) is 3.26. The van der Waals surface area contributed by atoms with E-state index in [1.165, 1.54) is 0 Å². The summed E-state index contributed by atoms with van der Waals surface area (Å²) < 4.78 is 42.4. The molecule has 6 heteroatoms. The van der Waals surface area contributed by atoms with Gasteiger partial charge in [-0.05, 0) is 19.3 Å². The third-order valence-corrected chi connectivity index (χ3v) is 3.21. The van der Waals surface area contributed by atoms with Gasteiger partial charge in [0.15, 0.2) is 0 Å². The fraction of sp³-hybridized carbons (Fsp3) is 1.00. The van der Waals surface area contributed by atoms with Crippen LogP contribution >= 0.6 is 0 Å². The molecule has 1 N–H and O–H groups in total. The van der Waals surface area contributed by atoms with Gasteiger partial charge in [-0.2, -0.15) is 13.2 Å². The summed E-state index contributed by atoms with van der Waals surface area (Å²) in [6, 6.07) is 0.361. The number of morpholine rings is 1. The molecule has 0 aromatic carbocycles. The van der Waals surface area contributed by atoms with Crippen LogP contribution in [-0.4, -0.2) is 56.0 Å². The van der Waals surface area contributed by atoms with E-state index in [-0.39, 0.29) is 12.1 Å². The molecular formula is C11H19F3N2O. The molecule has 0 amide bonds. The lowest BCUT2D eigenvalue weighted by atomic mass is 10.2. The molecule has 2 rings (SSSR count). The van der Waals surface area contributed by atoms with Gasteiger partial charge < -0.3 is 10.1 Å². The van der Waals surface area contributed by atoms with Crippen LogP contribution in [0.5, 0.6) is 0 Å². The van der Waals surface area contributed by atoms with E-state index in [9.17, 15) is 13.2 Å². The molecule has 1 heterocycles. The van der Waals surface area contributed by atoms with E-state index in [0.29, 0.717) is 19.8 Å². The molecule has 1 aliphatic carbocycles. The zero-order valence-corrected chi connectivity index (χ0v) is 9.80. The first-order chi connectivity index (χ1) is 8.04. The van der Waals surface area contributed by atoms with Gasteiger partial charge in [-0.25, -0.2) is 0 Å². The van der Waals surface area contributed by atoms with Crippen LogP contribution < -0.4 is 5.32 Å². The second-order valence-electron chi connectivity index (χ2n) is 4.83. The number of nitrogens with one attached hydrogen (secondary N) is 1. The molecule has 1 atom stereocenters. The standard InChI is InChI=1S/C11H19F3N2O/c12-11(13,14)8-16(10-1-2-10)5-3-9-7-17-6-4-15-9/h9-10,15H,1-8H2. The summed E-state index contributed by atoms with van der Waals surface area (Å²) in [4.78, 5) is 1.57. The number of halogens is 3. The fourth-order valence-electron chi connectivity index (χ4n) is 2.19. The Hall–Kier alpha value is -0.330. The molecule has 1 aliphatic heterocycles. The number of alkyl halides is 3. The number of nitrogens with zero attached hydrogens (tertiary/aromatic N) is 1. The molecule has 100 valence electrons. The average Bonchev–Trinajstić information content (AvgIpc) is 3.08. The van der Waals surface area contributed by atoms with Crippen molar-refractivity contribution in [1.82, 2.24) is 10.2 Å². The number of hydrogen-bond donors (Lipinski definition) is 1. The minimum Gasteiger partial charge on any atom is -0.379 e. The van der Waals surface area contributed by atoms with Gasteiger partial charge in [-0.3, -0.25) is 4.90 Å². The lowest BCUT2D eigenvalue weighted by molar-refractivity contribution is -0.147. The Kier molecular flexibility index (Phi) is 4.27. The van der Waals surface area contributed by atoms with Crippen molar-refractivity contribution in [2.24, 2.45) is 0 Å². The molecule has 17 heavy (non-hydrogen) atoms. The number of hydrogen-bond acceptors (Lipinski definition) is 3. The quantitative estimate of drug-likeness (QED) is 0.800. The van der Waals surface area contributed by atoms with Gasteiger partial charge in [0, 0.05) is 25.2 Å². The van der Waals surface area contributed by atoms with E-state index in [4.69, 9.17) is 4.74 Å². The van der Waals surface area contributed by atoms with Gasteiger partial charge in [-0.15, -0.1) is 0 Å². The van der Waals surface area contributed by atoms with Crippen molar-refractivity contribution in [1.29, 1.82) is 0 Å². The van der Waals surface area contributed by atoms with Crippen LogP contribution in [0.1, 0.15) is 19.3 Å². The highest BCUT2D eigenvalue weighted by Gasteiger charge is 2.37. The third kappa shape index (κ3) is 4.81. The zero-order chi connectivity index (χ0) is 12.3. The smallest absolute Gasteiger partial charge is 0.379 e. The molecule has 1 saturated carbocycles. The lowest BCUT2D eigenvalue weighted by Crippen LogP contribution is -2.44. The summed E-state index contributed by atoms with van der Waals surface area (Å²) >= 11 is 0. The molecule has 0 spiro atoms. The van der Waals surface area contributed by atoms with Gasteiger partial charge in [0.1, 0.15) is 0 Å². The van der Waals surface area contributed by atoms with Gasteiger partial charge in [0.25, 0.3) is 0 Å². The SMILES string of the molecule is FC(F)(F)CN(CCC1COCCN1)C1CC1. The number of rotatable bonds is 5. The van der Waals surface area contributed by atoms with E-state index in [2.05, 4.69) is 5.32 Å². The molecular weight excluding hydrogens is 233 g/mol.